The number of hydrogen-bond donors (Lipinski definition) is 2. The molecule has 1 amide bonds. The average Bonchev–Trinajstić information content (AvgIpc) is 2.26. The maximum absolute atomic E-state index is 12.3. The second-order valence-electron chi connectivity index (χ2n) is 5.59. The molecule has 0 atom stereocenters. The fourth-order valence-electron chi connectivity index (χ4n) is 1.49. The standard InChI is InChI=1S/C14H20N2O3S/c1-10(2)13(17)15-11-8-6-7-9-12(11)20(18,19)16-14(3,4)5/h6-9,16H,1H2,2-5H3,(H,15,17). The fraction of sp³-hybridized carbons (Fsp3) is 0.357. The Bertz CT molecular complexity index is 628. The maximum Gasteiger partial charge on any atom is 0.250 e. The quantitative estimate of drug-likeness (QED) is 0.837. The summed E-state index contributed by atoms with van der Waals surface area (Å²) in [7, 11) is -3.71. The summed E-state index contributed by atoms with van der Waals surface area (Å²) >= 11 is 0. The third kappa shape index (κ3) is 4.47. The van der Waals surface area contributed by atoms with E-state index in [9.17, 15) is 13.2 Å². The normalized spacial score (nSPS) is 12.0. The molecule has 2 N–H and O–H groups in total. The fourth-order valence-corrected chi connectivity index (χ4v) is 3.07. The summed E-state index contributed by atoms with van der Waals surface area (Å²) in [6, 6.07) is 6.25. The van der Waals surface area contributed by atoms with Crippen molar-refractivity contribution in [3.05, 3.63) is 36.4 Å². The molecule has 0 aliphatic heterocycles. The first kappa shape index (κ1) is 16.4. The van der Waals surface area contributed by atoms with Crippen LogP contribution in [0.4, 0.5) is 5.69 Å². The van der Waals surface area contributed by atoms with Crippen molar-refractivity contribution in [1.29, 1.82) is 0 Å². The van der Waals surface area contributed by atoms with E-state index in [2.05, 4.69) is 16.6 Å². The van der Waals surface area contributed by atoms with Crippen molar-refractivity contribution in [2.45, 2.75) is 38.1 Å². The van der Waals surface area contributed by atoms with Crippen LogP contribution in [0.1, 0.15) is 27.7 Å². The Morgan fingerprint density at radius 1 is 1.20 bits per heavy atom. The van der Waals surface area contributed by atoms with Crippen LogP contribution in [0.25, 0.3) is 0 Å². The highest BCUT2D eigenvalue weighted by Crippen LogP contribution is 2.22. The summed E-state index contributed by atoms with van der Waals surface area (Å²) in [6.07, 6.45) is 0. The molecule has 0 aliphatic carbocycles. The second kappa shape index (κ2) is 5.76. The minimum Gasteiger partial charge on any atom is -0.321 e. The number of rotatable bonds is 4. The van der Waals surface area contributed by atoms with E-state index in [1.165, 1.54) is 12.1 Å². The highest BCUT2D eigenvalue weighted by molar-refractivity contribution is 7.89. The van der Waals surface area contributed by atoms with Crippen LogP contribution in [0.15, 0.2) is 41.3 Å². The molecule has 1 aromatic carbocycles. The minimum absolute atomic E-state index is 0.0320. The first-order valence-electron chi connectivity index (χ1n) is 6.13. The predicted octanol–water partition coefficient (Wildman–Crippen LogP) is 2.28. The minimum atomic E-state index is -3.71. The molecule has 0 saturated carbocycles. The van der Waals surface area contributed by atoms with E-state index in [0.29, 0.717) is 5.57 Å². The number of carbonyl (C=O) groups excluding carboxylic acids is 1. The van der Waals surface area contributed by atoms with Crippen molar-refractivity contribution in [2.75, 3.05) is 5.32 Å². The van der Waals surface area contributed by atoms with Gasteiger partial charge in [0.1, 0.15) is 4.90 Å². The zero-order valence-electron chi connectivity index (χ0n) is 12.1. The second-order valence-corrected chi connectivity index (χ2v) is 7.24. The first-order chi connectivity index (χ1) is 9.03. The molecule has 1 rings (SSSR count). The monoisotopic (exact) mass is 296 g/mol. The summed E-state index contributed by atoms with van der Waals surface area (Å²) in [5.74, 6) is -0.414. The molecule has 5 nitrogen and oxygen atoms in total. The topological polar surface area (TPSA) is 75.3 Å². The van der Waals surface area contributed by atoms with Gasteiger partial charge in [-0.1, -0.05) is 18.7 Å². The SMILES string of the molecule is C=C(C)C(=O)Nc1ccccc1S(=O)(=O)NC(C)(C)C. The van der Waals surface area contributed by atoms with Gasteiger partial charge < -0.3 is 5.32 Å². The van der Waals surface area contributed by atoms with E-state index in [1.54, 1.807) is 39.8 Å². The Morgan fingerprint density at radius 2 is 1.75 bits per heavy atom. The number of amides is 1. The molecule has 0 spiro atoms. The van der Waals surface area contributed by atoms with Crippen molar-refractivity contribution >= 4 is 21.6 Å². The Balaban J connectivity index is 3.20. The van der Waals surface area contributed by atoms with Crippen molar-refractivity contribution in [3.8, 4) is 0 Å². The molecule has 0 fully saturated rings. The zero-order valence-corrected chi connectivity index (χ0v) is 13.0. The van der Waals surface area contributed by atoms with Gasteiger partial charge in [-0.05, 0) is 39.8 Å². The van der Waals surface area contributed by atoms with Crippen LogP contribution >= 0.6 is 0 Å². The van der Waals surface area contributed by atoms with Crippen LogP contribution < -0.4 is 10.0 Å². The number of nitrogens with one attached hydrogen (secondary N) is 2. The molecule has 0 aromatic heterocycles. The summed E-state index contributed by atoms with van der Waals surface area (Å²) in [6.45, 7) is 10.3. The lowest BCUT2D eigenvalue weighted by Crippen LogP contribution is -2.40. The van der Waals surface area contributed by atoms with Crippen molar-refractivity contribution in [3.63, 3.8) is 0 Å². The van der Waals surface area contributed by atoms with Gasteiger partial charge in [-0.15, -0.1) is 0 Å². The van der Waals surface area contributed by atoms with Gasteiger partial charge in [0.15, 0.2) is 0 Å². The molecule has 0 saturated heterocycles. The third-order valence-corrected chi connectivity index (χ3v) is 4.07. The van der Waals surface area contributed by atoms with Crippen molar-refractivity contribution in [2.24, 2.45) is 0 Å². The third-order valence-electron chi connectivity index (χ3n) is 2.25. The Labute approximate surface area is 120 Å². The van der Waals surface area contributed by atoms with Gasteiger partial charge in [0.2, 0.25) is 10.0 Å². The smallest absolute Gasteiger partial charge is 0.250 e. The Morgan fingerprint density at radius 3 is 2.25 bits per heavy atom. The van der Waals surface area contributed by atoms with Crippen LogP contribution in [0.3, 0.4) is 0 Å². The molecule has 1 aromatic rings. The van der Waals surface area contributed by atoms with Gasteiger partial charge in [0, 0.05) is 11.1 Å². The molecule has 0 bridgehead atoms. The number of anilines is 1. The van der Waals surface area contributed by atoms with Crippen LogP contribution in [-0.2, 0) is 14.8 Å². The lowest BCUT2D eigenvalue weighted by molar-refractivity contribution is -0.112. The average molecular weight is 296 g/mol. The van der Waals surface area contributed by atoms with Gasteiger partial charge in [-0.2, -0.15) is 0 Å². The molecular formula is C14H20N2O3S. The maximum atomic E-state index is 12.3. The van der Waals surface area contributed by atoms with Gasteiger partial charge in [-0.3, -0.25) is 4.79 Å². The Hall–Kier alpha value is -1.66. The lowest BCUT2D eigenvalue weighted by Gasteiger charge is -2.21. The van der Waals surface area contributed by atoms with E-state index in [4.69, 9.17) is 0 Å². The van der Waals surface area contributed by atoms with E-state index >= 15 is 0 Å². The molecule has 0 heterocycles. The summed E-state index contributed by atoms with van der Waals surface area (Å²) in [5, 5.41) is 2.54. The van der Waals surface area contributed by atoms with Crippen LogP contribution in [0.2, 0.25) is 0 Å². The number of para-hydroxylation sites is 1. The Kier molecular flexibility index (Phi) is 4.73. The van der Waals surface area contributed by atoms with Crippen molar-refractivity contribution < 1.29 is 13.2 Å². The molecular weight excluding hydrogens is 276 g/mol. The molecule has 0 aliphatic rings. The number of carbonyl (C=O) groups is 1. The molecule has 6 heteroatoms. The molecule has 0 radical (unpaired) electrons. The molecule has 20 heavy (non-hydrogen) atoms. The zero-order chi connectivity index (χ0) is 15.6. The number of hydrogen-bond acceptors (Lipinski definition) is 3. The van der Waals surface area contributed by atoms with Gasteiger partial charge in [0.25, 0.3) is 5.91 Å². The van der Waals surface area contributed by atoms with E-state index in [-0.39, 0.29) is 10.6 Å². The van der Waals surface area contributed by atoms with Gasteiger partial charge in [-0.25, -0.2) is 13.1 Å². The predicted molar refractivity (Wildman–Crippen MR) is 80.0 cm³/mol. The van der Waals surface area contributed by atoms with E-state index in [0.717, 1.165) is 0 Å². The summed E-state index contributed by atoms with van der Waals surface area (Å²) in [4.78, 5) is 11.7. The van der Waals surface area contributed by atoms with Gasteiger partial charge >= 0.3 is 0 Å². The highest BCUT2D eigenvalue weighted by Gasteiger charge is 2.24. The number of benzene rings is 1. The first-order valence-corrected chi connectivity index (χ1v) is 7.61. The van der Waals surface area contributed by atoms with Gasteiger partial charge in [0.05, 0.1) is 5.69 Å². The largest absolute Gasteiger partial charge is 0.321 e. The summed E-state index contributed by atoms with van der Waals surface area (Å²) < 4.78 is 27.2. The molecule has 0 unspecified atom stereocenters. The highest BCUT2D eigenvalue weighted by atomic mass is 32.2. The van der Waals surface area contributed by atoms with E-state index < -0.39 is 21.5 Å². The summed E-state index contributed by atoms with van der Waals surface area (Å²) in [5.41, 5.74) is -0.0668. The van der Waals surface area contributed by atoms with Crippen LogP contribution in [-0.4, -0.2) is 19.9 Å². The van der Waals surface area contributed by atoms with Crippen molar-refractivity contribution in [1.82, 2.24) is 4.72 Å². The van der Waals surface area contributed by atoms with Crippen LogP contribution in [0.5, 0.6) is 0 Å². The van der Waals surface area contributed by atoms with E-state index in [1.807, 2.05) is 0 Å². The lowest BCUT2D eigenvalue weighted by atomic mass is 10.1. The van der Waals surface area contributed by atoms with Crippen LogP contribution in [0, 0.1) is 0 Å². The number of sulfonamides is 1. The molecule has 110 valence electrons.